The van der Waals surface area contributed by atoms with Crippen LogP contribution in [0, 0.1) is 0 Å². The van der Waals surface area contributed by atoms with Gasteiger partial charge in [0.25, 0.3) is 0 Å². The zero-order valence-corrected chi connectivity index (χ0v) is 8.57. The smallest absolute Gasteiger partial charge is 0.0502 e. The predicted molar refractivity (Wildman–Crippen MR) is 61.4 cm³/mol. The van der Waals surface area contributed by atoms with Gasteiger partial charge in [-0.25, -0.2) is 0 Å². The number of hydrogen-bond donors (Lipinski definition) is 1. The fraction of sp³-hybridized carbons (Fsp3) is 0. The highest BCUT2D eigenvalue weighted by atomic mass is 35.5. The molecule has 13 heavy (non-hydrogen) atoms. The molecule has 0 atom stereocenters. The topological polar surface area (TPSA) is 26.0 Å². The van der Waals surface area contributed by atoms with Crippen LogP contribution >= 0.6 is 23.7 Å². The molecule has 0 saturated carbocycles. The number of halogens is 1. The van der Waals surface area contributed by atoms with E-state index in [1.165, 1.54) is 5.56 Å². The molecule has 0 radical (unpaired) electrons. The lowest BCUT2D eigenvalue weighted by molar-refractivity contribution is 1.67. The lowest BCUT2D eigenvalue weighted by Crippen LogP contribution is -1.83. The first-order valence-electron chi connectivity index (χ1n) is 3.75. The van der Waals surface area contributed by atoms with Gasteiger partial charge >= 0.3 is 0 Å². The molecule has 0 aliphatic rings. The predicted octanol–water partition coefficient (Wildman–Crippen LogP) is 3.42. The summed E-state index contributed by atoms with van der Waals surface area (Å²) in [5.74, 6) is 0. The molecule has 0 bridgehead atoms. The van der Waals surface area contributed by atoms with E-state index in [2.05, 4.69) is 17.5 Å². The van der Waals surface area contributed by atoms with Crippen molar-refractivity contribution in [1.29, 1.82) is 0 Å². The van der Waals surface area contributed by atoms with Crippen molar-refractivity contribution in [2.75, 3.05) is 5.73 Å². The molecule has 0 aliphatic heterocycles. The Morgan fingerprint density at radius 2 is 1.69 bits per heavy atom. The van der Waals surface area contributed by atoms with Crippen LogP contribution in [0.1, 0.15) is 0 Å². The highest BCUT2D eigenvalue weighted by Gasteiger charge is 2.00. The van der Waals surface area contributed by atoms with Crippen molar-refractivity contribution in [2.45, 2.75) is 0 Å². The molecule has 0 unspecified atom stereocenters. The quantitative estimate of drug-likeness (QED) is 0.769. The maximum atomic E-state index is 5.78. The molecule has 0 spiro atoms. The average molecular weight is 212 g/mol. The molecule has 1 aromatic carbocycles. The normalized spacial score (nSPS) is 9.23. The van der Waals surface area contributed by atoms with E-state index in [4.69, 9.17) is 5.73 Å². The van der Waals surface area contributed by atoms with E-state index in [0.717, 1.165) is 11.3 Å². The molecule has 0 fully saturated rings. The van der Waals surface area contributed by atoms with Gasteiger partial charge in [0.1, 0.15) is 0 Å². The summed E-state index contributed by atoms with van der Waals surface area (Å²) in [6.07, 6.45) is 0. The van der Waals surface area contributed by atoms with E-state index < -0.39 is 0 Å². The van der Waals surface area contributed by atoms with E-state index in [9.17, 15) is 0 Å². The SMILES string of the molecule is Cl.Nc1cscc1-c1ccccc1. The summed E-state index contributed by atoms with van der Waals surface area (Å²) in [6, 6.07) is 10.2. The number of anilines is 1. The van der Waals surface area contributed by atoms with Gasteiger partial charge in [-0.2, -0.15) is 0 Å². The number of hydrogen-bond acceptors (Lipinski definition) is 2. The first-order chi connectivity index (χ1) is 5.88. The van der Waals surface area contributed by atoms with Crippen LogP contribution in [0.4, 0.5) is 5.69 Å². The second-order valence-electron chi connectivity index (χ2n) is 2.61. The van der Waals surface area contributed by atoms with Gasteiger partial charge in [0.05, 0.1) is 5.69 Å². The second kappa shape index (κ2) is 4.30. The molecule has 0 aliphatic carbocycles. The van der Waals surface area contributed by atoms with Crippen molar-refractivity contribution in [3.63, 3.8) is 0 Å². The Hall–Kier alpha value is -0.990. The summed E-state index contributed by atoms with van der Waals surface area (Å²) in [5, 5.41) is 4.03. The Kier molecular flexibility index (Phi) is 3.34. The van der Waals surface area contributed by atoms with Crippen LogP contribution in [-0.2, 0) is 0 Å². The van der Waals surface area contributed by atoms with E-state index in [1.807, 2.05) is 23.6 Å². The van der Waals surface area contributed by atoms with Gasteiger partial charge in [-0.05, 0) is 5.56 Å². The fourth-order valence-electron chi connectivity index (χ4n) is 1.16. The van der Waals surface area contributed by atoms with E-state index in [0.29, 0.717) is 0 Å². The number of benzene rings is 1. The Morgan fingerprint density at radius 3 is 2.23 bits per heavy atom. The largest absolute Gasteiger partial charge is 0.398 e. The van der Waals surface area contributed by atoms with Crippen LogP contribution < -0.4 is 5.73 Å². The van der Waals surface area contributed by atoms with Crippen LogP contribution in [0.15, 0.2) is 41.1 Å². The van der Waals surface area contributed by atoms with Crippen LogP contribution in [0.25, 0.3) is 11.1 Å². The van der Waals surface area contributed by atoms with Crippen LogP contribution in [0.3, 0.4) is 0 Å². The van der Waals surface area contributed by atoms with E-state index in [1.54, 1.807) is 11.3 Å². The molecule has 1 heterocycles. The van der Waals surface area contributed by atoms with Gasteiger partial charge in [-0.3, -0.25) is 0 Å². The van der Waals surface area contributed by atoms with Crippen molar-refractivity contribution in [3.8, 4) is 11.1 Å². The summed E-state index contributed by atoms with van der Waals surface area (Å²) >= 11 is 1.64. The van der Waals surface area contributed by atoms with Gasteiger partial charge in [-0.1, -0.05) is 30.3 Å². The van der Waals surface area contributed by atoms with Gasteiger partial charge in [0.15, 0.2) is 0 Å². The maximum Gasteiger partial charge on any atom is 0.0502 e. The maximum absolute atomic E-state index is 5.78. The summed E-state index contributed by atoms with van der Waals surface area (Å²) in [4.78, 5) is 0. The molecular formula is C10H10ClNS. The first kappa shape index (κ1) is 10.1. The Balaban J connectivity index is 0.000000845. The van der Waals surface area contributed by atoms with E-state index in [-0.39, 0.29) is 12.4 Å². The summed E-state index contributed by atoms with van der Waals surface area (Å²) in [6.45, 7) is 0. The standard InChI is InChI=1S/C10H9NS.ClH/c11-10-7-12-6-9(10)8-4-2-1-3-5-8;/h1-7H,11H2;1H. The molecule has 1 aromatic heterocycles. The monoisotopic (exact) mass is 211 g/mol. The van der Waals surface area contributed by atoms with Gasteiger partial charge in [0, 0.05) is 16.3 Å². The third kappa shape index (κ3) is 2.02. The molecular weight excluding hydrogens is 202 g/mol. The van der Waals surface area contributed by atoms with Crippen LogP contribution in [0.5, 0.6) is 0 Å². The highest BCUT2D eigenvalue weighted by Crippen LogP contribution is 2.28. The number of thiophene rings is 1. The zero-order valence-electron chi connectivity index (χ0n) is 6.94. The van der Waals surface area contributed by atoms with Crippen molar-refractivity contribution >= 4 is 29.4 Å². The molecule has 3 heteroatoms. The third-order valence-corrected chi connectivity index (χ3v) is 2.54. The number of nitrogen functional groups attached to an aromatic ring is 1. The van der Waals surface area contributed by atoms with Crippen molar-refractivity contribution < 1.29 is 0 Å². The summed E-state index contributed by atoms with van der Waals surface area (Å²) in [7, 11) is 0. The molecule has 1 nitrogen and oxygen atoms in total. The summed E-state index contributed by atoms with van der Waals surface area (Å²) in [5.41, 5.74) is 8.98. The molecule has 2 N–H and O–H groups in total. The minimum Gasteiger partial charge on any atom is -0.398 e. The van der Waals surface area contributed by atoms with Crippen molar-refractivity contribution in [1.82, 2.24) is 0 Å². The lowest BCUT2D eigenvalue weighted by Gasteiger charge is -1.97. The summed E-state index contributed by atoms with van der Waals surface area (Å²) < 4.78 is 0. The fourth-order valence-corrected chi connectivity index (χ4v) is 1.91. The molecule has 0 saturated heterocycles. The van der Waals surface area contributed by atoms with Gasteiger partial charge < -0.3 is 5.73 Å². The van der Waals surface area contributed by atoms with Gasteiger partial charge in [0.2, 0.25) is 0 Å². The first-order valence-corrected chi connectivity index (χ1v) is 4.69. The number of rotatable bonds is 1. The minimum atomic E-state index is 0. The van der Waals surface area contributed by atoms with E-state index >= 15 is 0 Å². The van der Waals surface area contributed by atoms with Gasteiger partial charge in [-0.15, -0.1) is 23.7 Å². The van der Waals surface area contributed by atoms with Crippen molar-refractivity contribution in [3.05, 3.63) is 41.1 Å². The molecule has 2 aromatic rings. The minimum absolute atomic E-state index is 0. The third-order valence-electron chi connectivity index (χ3n) is 1.78. The lowest BCUT2D eigenvalue weighted by atomic mass is 10.1. The second-order valence-corrected chi connectivity index (χ2v) is 3.35. The zero-order chi connectivity index (χ0) is 8.39. The Morgan fingerprint density at radius 1 is 1.00 bits per heavy atom. The molecule has 2 rings (SSSR count). The Bertz CT molecular complexity index is 369. The molecule has 0 amide bonds. The number of nitrogens with two attached hydrogens (primary N) is 1. The average Bonchev–Trinajstić information content (AvgIpc) is 2.53. The molecule has 68 valence electrons. The highest BCUT2D eigenvalue weighted by molar-refractivity contribution is 7.08. The van der Waals surface area contributed by atoms with Crippen LogP contribution in [0.2, 0.25) is 0 Å². The van der Waals surface area contributed by atoms with Crippen molar-refractivity contribution in [2.24, 2.45) is 0 Å². The van der Waals surface area contributed by atoms with Crippen LogP contribution in [-0.4, -0.2) is 0 Å². The Labute approximate surface area is 87.6 Å².